The van der Waals surface area contributed by atoms with Gasteiger partial charge in [0, 0.05) is 25.8 Å². The zero-order valence-corrected chi connectivity index (χ0v) is 20.3. The van der Waals surface area contributed by atoms with E-state index in [1.54, 1.807) is 29.3 Å². The Morgan fingerprint density at radius 2 is 2.15 bits per heavy atom. The molecule has 2 aromatic rings. The van der Waals surface area contributed by atoms with Gasteiger partial charge in [-0.05, 0) is 24.6 Å². The van der Waals surface area contributed by atoms with Crippen molar-refractivity contribution in [3.8, 4) is 0 Å². The lowest BCUT2D eigenvalue weighted by molar-refractivity contribution is -0.143. The first kappa shape index (κ1) is 23.9. The van der Waals surface area contributed by atoms with Crippen molar-refractivity contribution < 1.29 is 19.1 Å². The summed E-state index contributed by atoms with van der Waals surface area (Å²) in [5.74, 6) is -0.984. The van der Waals surface area contributed by atoms with Crippen molar-refractivity contribution in [3.63, 3.8) is 0 Å². The number of hydrogen-bond donors (Lipinski definition) is 1. The van der Waals surface area contributed by atoms with Crippen molar-refractivity contribution in [2.45, 2.75) is 25.8 Å². The Hall–Kier alpha value is -3.25. The molecular formula is C22H23N5O5S2. The highest BCUT2D eigenvalue weighted by atomic mass is 32.2. The molecule has 4 rings (SSSR count). The summed E-state index contributed by atoms with van der Waals surface area (Å²) >= 11 is 6.48. The maximum absolute atomic E-state index is 13.5. The Balaban J connectivity index is 1.88. The van der Waals surface area contributed by atoms with E-state index in [9.17, 15) is 19.2 Å². The van der Waals surface area contributed by atoms with Crippen molar-refractivity contribution in [2.24, 2.45) is 0 Å². The summed E-state index contributed by atoms with van der Waals surface area (Å²) in [4.78, 5) is 59.3. The fourth-order valence-corrected chi connectivity index (χ4v) is 5.19. The van der Waals surface area contributed by atoms with Gasteiger partial charge in [-0.15, -0.1) is 0 Å². The maximum Gasteiger partial charge on any atom is 0.308 e. The SMILES string of the molecule is CCCN1C(=O)/C(=C/c2c(N3CCNC(=O)C3CC(=O)OC)nc3ccccn3c2=O)SC1=S. The summed E-state index contributed by atoms with van der Waals surface area (Å²) in [7, 11) is 1.25. The maximum atomic E-state index is 13.5. The van der Waals surface area contributed by atoms with Gasteiger partial charge in [-0.2, -0.15) is 0 Å². The van der Waals surface area contributed by atoms with Crippen LogP contribution in [0.1, 0.15) is 25.3 Å². The molecule has 2 amide bonds. The van der Waals surface area contributed by atoms with E-state index in [1.165, 1.54) is 22.5 Å². The Morgan fingerprint density at radius 1 is 1.35 bits per heavy atom. The average molecular weight is 502 g/mol. The van der Waals surface area contributed by atoms with Gasteiger partial charge in [0.1, 0.15) is 21.8 Å². The zero-order valence-electron chi connectivity index (χ0n) is 18.6. The molecule has 34 heavy (non-hydrogen) atoms. The Kier molecular flexibility index (Phi) is 6.98. The fraction of sp³-hybridized carbons (Fsp3) is 0.364. The van der Waals surface area contributed by atoms with Crippen LogP contribution in [0.15, 0.2) is 34.1 Å². The molecule has 2 saturated heterocycles. The topological polar surface area (TPSA) is 113 Å². The number of aromatic nitrogens is 2. The number of carbonyl (C=O) groups is 3. The van der Waals surface area contributed by atoms with E-state index >= 15 is 0 Å². The van der Waals surface area contributed by atoms with E-state index in [-0.39, 0.29) is 29.6 Å². The summed E-state index contributed by atoms with van der Waals surface area (Å²) in [6.45, 7) is 3.06. The number of pyridine rings is 1. The molecule has 1 atom stereocenters. The molecule has 1 unspecified atom stereocenters. The number of methoxy groups -OCH3 is 1. The van der Waals surface area contributed by atoms with Crippen LogP contribution in [0.3, 0.4) is 0 Å². The van der Waals surface area contributed by atoms with Crippen LogP contribution in [0, 0.1) is 0 Å². The van der Waals surface area contributed by atoms with E-state index in [0.29, 0.717) is 34.5 Å². The molecule has 0 radical (unpaired) electrons. The van der Waals surface area contributed by atoms with Crippen molar-refractivity contribution in [2.75, 3.05) is 31.6 Å². The quantitative estimate of drug-likeness (QED) is 0.354. The summed E-state index contributed by atoms with van der Waals surface area (Å²) in [5.41, 5.74) is 0.121. The Labute approximate surface area is 204 Å². The van der Waals surface area contributed by atoms with Gasteiger partial charge in [-0.25, -0.2) is 4.98 Å². The minimum atomic E-state index is -0.916. The van der Waals surface area contributed by atoms with Gasteiger partial charge >= 0.3 is 5.97 Å². The van der Waals surface area contributed by atoms with Crippen LogP contribution in [-0.2, 0) is 19.1 Å². The van der Waals surface area contributed by atoms with E-state index in [2.05, 4.69) is 10.3 Å². The third-order valence-electron chi connectivity index (χ3n) is 5.54. The zero-order chi connectivity index (χ0) is 24.4. The number of thiocarbonyl (C=S) groups is 1. The number of nitrogens with one attached hydrogen (secondary N) is 1. The first-order valence-electron chi connectivity index (χ1n) is 10.7. The number of hydrogen-bond acceptors (Lipinski definition) is 9. The summed E-state index contributed by atoms with van der Waals surface area (Å²) in [6, 6.07) is 4.21. The minimum Gasteiger partial charge on any atom is -0.469 e. The van der Waals surface area contributed by atoms with Gasteiger partial charge < -0.3 is 15.0 Å². The molecule has 2 aliphatic rings. The summed E-state index contributed by atoms with van der Waals surface area (Å²) in [5, 5.41) is 2.74. The standard InChI is InChI=1S/C22H23N5O5S2/c1-3-8-27-21(31)15(34-22(27)33)11-13-18(24-16-6-4-5-9-26(16)20(13)30)25-10-7-23-19(29)14(25)12-17(28)32-2/h4-6,9,11,14H,3,7-8,10,12H2,1-2H3,(H,23,29)/b15-11-. The molecular weight excluding hydrogens is 478 g/mol. The lowest BCUT2D eigenvalue weighted by Crippen LogP contribution is -2.57. The Bertz CT molecular complexity index is 1270. The molecule has 4 heterocycles. The lowest BCUT2D eigenvalue weighted by Gasteiger charge is -2.36. The fourth-order valence-electron chi connectivity index (χ4n) is 3.90. The van der Waals surface area contributed by atoms with Crippen molar-refractivity contribution in [3.05, 3.63) is 45.2 Å². The normalized spacial score (nSPS) is 19.8. The molecule has 2 fully saturated rings. The van der Waals surface area contributed by atoms with E-state index in [4.69, 9.17) is 17.0 Å². The average Bonchev–Trinajstić information content (AvgIpc) is 3.09. The first-order chi connectivity index (χ1) is 16.3. The van der Waals surface area contributed by atoms with Gasteiger partial charge in [0.2, 0.25) is 5.91 Å². The monoisotopic (exact) mass is 501 g/mol. The summed E-state index contributed by atoms with van der Waals surface area (Å²) < 4.78 is 6.57. The second-order valence-electron chi connectivity index (χ2n) is 7.70. The number of carbonyl (C=O) groups excluding carboxylic acids is 3. The van der Waals surface area contributed by atoms with Crippen LogP contribution in [0.2, 0.25) is 0 Å². The van der Waals surface area contributed by atoms with Crippen LogP contribution < -0.4 is 15.8 Å². The van der Waals surface area contributed by atoms with Crippen LogP contribution in [0.4, 0.5) is 5.82 Å². The number of esters is 1. The molecule has 0 aliphatic carbocycles. The van der Waals surface area contributed by atoms with E-state index in [0.717, 1.165) is 18.2 Å². The number of amides is 2. The third-order valence-corrected chi connectivity index (χ3v) is 6.91. The third kappa shape index (κ3) is 4.42. The smallest absolute Gasteiger partial charge is 0.308 e. The summed E-state index contributed by atoms with van der Waals surface area (Å²) in [6.07, 6.45) is 3.60. The number of anilines is 1. The number of piperazine rings is 1. The number of nitrogens with zero attached hydrogens (tertiary/aromatic N) is 4. The van der Waals surface area contributed by atoms with Crippen molar-refractivity contribution in [1.82, 2.24) is 19.6 Å². The molecule has 10 nitrogen and oxygen atoms in total. The lowest BCUT2D eigenvalue weighted by atomic mass is 10.1. The van der Waals surface area contributed by atoms with Crippen LogP contribution in [0.5, 0.6) is 0 Å². The first-order valence-corrected chi connectivity index (χ1v) is 12.0. The van der Waals surface area contributed by atoms with Crippen LogP contribution in [-0.4, -0.2) is 69.2 Å². The molecule has 2 aliphatic heterocycles. The van der Waals surface area contributed by atoms with Crippen LogP contribution in [0.25, 0.3) is 11.7 Å². The highest BCUT2D eigenvalue weighted by molar-refractivity contribution is 8.26. The highest BCUT2D eigenvalue weighted by Gasteiger charge is 2.36. The molecule has 0 saturated carbocycles. The molecule has 0 spiro atoms. The number of thioether (sulfide) groups is 1. The van der Waals surface area contributed by atoms with Gasteiger partial charge in [0.05, 0.1) is 24.0 Å². The second-order valence-corrected chi connectivity index (χ2v) is 9.37. The van der Waals surface area contributed by atoms with Gasteiger partial charge in [0.15, 0.2) is 0 Å². The number of ether oxygens (including phenoxy) is 1. The number of fused-ring (bicyclic) bond motifs is 1. The van der Waals surface area contributed by atoms with E-state index < -0.39 is 17.6 Å². The highest BCUT2D eigenvalue weighted by Crippen LogP contribution is 2.34. The van der Waals surface area contributed by atoms with Gasteiger partial charge in [0.25, 0.3) is 11.5 Å². The molecule has 1 N–H and O–H groups in total. The van der Waals surface area contributed by atoms with Gasteiger partial charge in [-0.3, -0.25) is 28.5 Å². The largest absolute Gasteiger partial charge is 0.469 e. The number of rotatable bonds is 6. The molecule has 12 heteroatoms. The van der Waals surface area contributed by atoms with Crippen molar-refractivity contribution in [1.29, 1.82) is 0 Å². The van der Waals surface area contributed by atoms with E-state index in [1.807, 2.05) is 6.92 Å². The molecule has 2 aromatic heterocycles. The molecule has 178 valence electrons. The Morgan fingerprint density at radius 3 is 2.88 bits per heavy atom. The van der Waals surface area contributed by atoms with Crippen LogP contribution >= 0.6 is 24.0 Å². The van der Waals surface area contributed by atoms with Gasteiger partial charge in [-0.1, -0.05) is 37.0 Å². The predicted octanol–water partition coefficient (Wildman–Crippen LogP) is 1.17. The molecule has 0 aromatic carbocycles. The molecule has 0 bridgehead atoms. The second kappa shape index (κ2) is 9.94. The minimum absolute atomic E-state index is 0.144. The predicted molar refractivity (Wildman–Crippen MR) is 132 cm³/mol. The van der Waals surface area contributed by atoms with Crippen molar-refractivity contribution >= 4 is 63.6 Å².